The first-order valence-corrected chi connectivity index (χ1v) is 4.25. The van der Waals surface area contributed by atoms with Crippen molar-refractivity contribution in [2.45, 2.75) is 0 Å². The minimum atomic E-state index is -0.514. The lowest BCUT2D eigenvalue weighted by Crippen LogP contribution is -1.99. The maximum absolute atomic E-state index is 10.7. The molecule has 0 saturated carbocycles. The van der Waals surface area contributed by atoms with Crippen LogP contribution < -0.4 is 9.47 Å². The molecule has 0 aliphatic rings. The van der Waals surface area contributed by atoms with Crippen LogP contribution in [0.2, 0.25) is 0 Å². The minimum absolute atomic E-state index is 0.112. The predicted octanol–water partition coefficient (Wildman–Crippen LogP) is 2.17. The van der Waals surface area contributed by atoms with Crippen LogP contribution in [0, 0.1) is 10.1 Å². The van der Waals surface area contributed by atoms with E-state index >= 15 is 0 Å². The minimum Gasteiger partial charge on any atom is -0.488 e. The molecule has 80 valence electrons. The zero-order chi connectivity index (χ0) is 11.3. The van der Waals surface area contributed by atoms with E-state index in [2.05, 4.69) is 6.58 Å². The Labute approximate surface area is 87.1 Å². The molecule has 1 aromatic carbocycles. The Morgan fingerprint density at radius 3 is 2.87 bits per heavy atom. The van der Waals surface area contributed by atoms with Crippen molar-refractivity contribution in [1.29, 1.82) is 0 Å². The van der Waals surface area contributed by atoms with E-state index in [-0.39, 0.29) is 18.0 Å². The Morgan fingerprint density at radius 2 is 2.33 bits per heavy atom. The second kappa shape index (κ2) is 4.99. The van der Waals surface area contributed by atoms with Crippen molar-refractivity contribution in [3.63, 3.8) is 0 Å². The number of nitro benzene ring substituents is 1. The van der Waals surface area contributed by atoms with Gasteiger partial charge in [0.25, 0.3) is 0 Å². The van der Waals surface area contributed by atoms with Crippen molar-refractivity contribution < 1.29 is 14.4 Å². The van der Waals surface area contributed by atoms with Crippen molar-refractivity contribution in [2.75, 3.05) is 13.7 Å². The van der Waals surface area contributed by atoms with Gasteiger partial charge in [0, 0.05) is 6.07 Å². The summed E-state index contributed by atoms with van der Waals surface area (Å²) in [5.74, 6) is 0.468. The molecule has 0 unspecified atom stereocenters. The van der Waals surface area contributed by atoms with Gasteiger partial charge in [-0.15, -0.1) is 0 Å². The van der Waals surface area contributed by atoms with Gasteiger partial charge in [-0.2, -0.15) is 0 Å². The Kier molecular flexibility index (Phi) is 3.68. The van der Waals surface area contributed by atoms with E-state index < -0.39 is 4.92 Å². The molecule has 1 aromatic rings. The highest BCUT2D eigenvalue weighted by Gasteiger charge is 2.18. The number of benzene rings is 1. The molecule has 0 saturated heterocycles. The maximum Gasteiger partial charge on any atom is 0.314 e. The summed E-state index contributed by atoms with van der Waals surface area (Å²) in [4.78, 5) is 10.1. The summed E-state index contributed by atoms with van der Waals surface area (Å²) in [6.45, 7) is 3.76. The summed E-state index contributed by atoms with van der Waals surface area (Å²) in [6.07, 6.45) is 1.55. The van der Waals surface area contributed by atoms with Gasteiger partial charge in [0.15, 0.2) is 5.75 Å². The molecule has 0 fully saturated rings. The molecule has 0 radical (unpaired) electrons. The van der Waals surface area contributed by atoms with Crippen molar-refractivity contribution in [3.8, 4) is 11.5 Å². The van der Waals surface area contributed by atoms with E-state index in [0.29, 0.717) is 5.75 Å². The molecule has 0 aliphatic carbocycles. The number of rotatable bonds is 5. The topological polar surface area (TPSA) is 61.6 Å². The van der Waals surface area contributed by atoms with Gasteiger partial charge in [-0.3, -0.25) is 10.1 Å². The van der Waals surface area contributed by atoms with Crippen LogP contribution in [0.3, 0.4) is 0 Å². The molecule has 1 rings (SSSR count). The number of hydrogen-bond acceptors (Lipinski definition) is 4. The molecule has 5 nitrogen and oxygen atoms in total. The maximum atomic E-state index is 10.7. The number of ether oxygens (including phenoxy) is 2. The first-order chi connectivity index (χ1) is 7.20. The standard InChI is InChI=1S/C10H11NO4/c1-3-7-15-9-6-4-5-8(11(12)13)10(9)14-2/h3-6H,1,7H2,2H3. The fraction of sp³-hybridized carbons (Fsp3) is 0.200. The van der Waals surface area contributed by atoms with Gasteiger partial charge in [0.1, 0.15) is 6.61 Å². The van der Waals surface area contributed by atoms with E-state index in [1.165, 1.54) is 13.2 Å². The van der Waals surface area contributed by atoms with Gasteiger partial charge >= 0.3 is 5.69 Å². The van der Waals surface area contributed by atoms with Gasteiger partial charge in [-0.1, -0.05) is 18.7 Å². The summed E-state index contributed by atoms with van der Waals surface area (Å²) < 4.78 is 10.2. The molecule has 0 atom stereocenters. The second-order valence-electron chi connectivity index (χ2n) is 2.67. The monoisotopic (exact) mass is 209 g/mol. The Hall–Kier alpha value is -2.04. The third-order valence-electron chi connectivity index (χ3n) is 1.72. The van der Waals surface area contributed by atoms with Crippen LogP contribution in [0.4, 0.5) is 5.69 Å². The summed E-state index contributed by atoms with van der Waals surface area (Å²) >= 11 is 0. The molecular formula is C10H11NO4. The van der Waals surface area contributed by atoms with Crippen LogP contribution in [0.1, 0.15) is 0 Å². The number of hydrogen-bond donors (Lipinski definition) is 0. The smallest absolute Gasteiger partial charge is 0.314 e. The van der Waals surface area contributed by atoms with Crippen molar-refractivity contribution in [2.24, 2.45) is 0 Å². The average Bonchev–Trinajstić information content (AvgIpc) is 2.25. The molecule has 15 heavy (non-hydrogen) atoms. The van der Waals surface area contributed by atoms with Crippen LogP contribution in [0.15, 0.2) is 30.9 Å². The molecule has 5 heteroatoms. The van der Waals surface area contributed by atoms with Gasteiger partial charge in [0.2, 0.25) is 5.75 Å². The lowest BCUT2D eigenvalue weighted by molar-refractivity contribution is -0.385. The Bertz CT molecular complexity index is 376. The largest absolute Gasteiger partial charge is 0.488 e. The van der Waals surface area contributed by atoms with E-state index in [1.807, 2.05) is 0 Å². The number of nitro groups is 1. The first kappa shape index (κ1) is 11.0. The Balaban J connectivity index is 3.09. The third-order valence-corrected chi connectivity index (χ3v) is 1.72. The van der Waals surface area contributed by atoms with Crippen LogP contribution in [0.25, 0.3) is 0 Å². The zero-order valence-electron chi connectivity index (χ0n) is 8.30. The second-order valence-corrected chi connectivity index (χ2v) is 2.67. The molecule has 0 heterocycles. The molecule has 0 aromatic heterocycles. The molecular weight excluding hydrogens is 198 g/mol. The highest BCUT2D eigenvalue weighted by atomic mass is 16.6. The fourth-order valence-electron chi connectivity index (χ4n) is 1.12. The molecule has 0 N–H and O–H groups in total. The van der Waals surface area contributed by atoms with E-state index in [1.54, 1.807) is 18.2 Å². The summed E-state index contributed by atoms with van der Waals surface area (Å²) in [7, 11) is 1.36. The molecule has 0 spiro atoms. The van der Waals surface area contributed by atoms with Crippen molar-refractivity contribution in [1.82, 2.24) is 0 Å². The normalized spacial score (nSPS) is 9.40. The van der Waals surface area contributed by atoms with Crippen LogP contribution in [-0.2, 0) is 0 Å². The quantitative estimate of drug-likeness (QED) is 0.423. The lowest BCUT2D eigenvalue weighted by atomic mass is 10.3. The predicted molar refractivity (Wildman–Crippen MR) is 55.3 cm³/mol. The summed E-state index contributed by atoms with van der Waals surface area (Å²) in [5, 5.41) is 10.7. The zero-order valence-corrected chi connectivity index (χ0v) is 8.30. The van der Waals surface area contributed by atoms with Crippen molar-refractivity contribution >= 4 is 5.69 Å². The summed E-state index contributed by atoms with van der Waals surface area (Å²) in [5.41, 5.74) is -0.112. The van der Waals surface area contributed by atoms with E-state index in [4.69, 9.17) is 9.47 Å². The van der Waals surface area contributed by atoms with Crippen LogP contribution >= 0.6 is 0 Å². The third kappa shape index (κ3) is 2.46. The van der Waals surface area contributed by atoms with Gasteiger partial charge < -0.3 is 9.47 Å². The highest BCUT2D eigenvalue weighted by molar-refractivity contribution is 5.55. The average molecular weight is 209 g/mol. The van der Waals surface area contributed by atoms with Crippen molar-refractivity contribution in [3.05, 3.63) is 41.0 Å². The van der Waals surface area contributed by atoms with Gasteiger partial charge in [-0.05, 0) is 6.07 Å². The first-order valence-electron chi connectivity index (χ1n) is 4.25. The lowest BCUT2D eigenvalue weighted by Gasteiger charge is -2.08. The van der Waals surface area contributed by atoms with Gasteiger partial charge in [0.05, 0.1) is 12.0 Å². The number of nitrogens with zero attached hydrogens (tertiary/aromatic N) is 1. The SMILES string of the molecule is C=CCOc1cccc([N+](=O)[O-])c1OC. The molecule has 0 bridgehead atoms. The summed E-state index contributed by atoms with van der Waals surface area (Å²) in [6, 6.07) is 4.51. The number of methoxy groups -OCH3 is 1. The molecule has 0 amide bonds. The fourth-order valence-corrected chi connectivity index (χ4v) is 1.12. The van der Waals surface area contributed by atoms with E-state index in [9.17, 15) is 10.1 Å². The Morgan fingerprint density at radius 1 is 1.60 bits per heavy atom. The van der Waals surface area contributed by atoms with Gasteiger partial charge in [-0.25, -0.2) is 0 Å². The van der Waals surface area contributed by atoms with Crippen LogP contribution in [0.5, 0.6) is 11.5 Å². The highest BCUT2D eigenvalue weighted by Crippen LogP contribution is 2.36. The molecule has 0 aliphatic heterocycles. The van der Waals surface area contributed by atoms with Crippen LogP contribution in [-0.4, -0.2) is 18.6 Å². The van der Waals surface area contributed by atoms with E-state index in [0.717, 1.165) is 0 Å². The number of para-hydroxylation sites is 1.